The van der Waals surface area contributed by atoms with Crippen LogP contribution in [0.5, 0.6) is 5.75 Å². The number of nitro benzene ring substituents is 1. The summed E-state index contributed by atoms with van der Waals surface area (Å²) < 4.78 is 10.1. The van der Waals surface area contributed by atoms with Crippen LogP contribution in [-0.2, 0) is 0 Å². The molecule has 0 radical (unpaired) electrons. The summed E-state index contributed by atoms with van der Waals surface area (Å²) >= 11 is 0. The van der Waals surface area contributed by atoms with Gasteiger partial charge in [0.05, 0.1) is 18.3 Å². The number of hydrogen-bond donors (Lipinski definition) is 0. The van der Waals surface area contributed by atoms with Gasteiger partial charge in [-0.05, 0) is 24.3 Å². The van der Waals surface area contributed by atoms with Crippen LogP contribution in [0, 0.1) is 10.1 Å². The highest BCUT2D eigenvalue weighted by Crippen LogP contribution is 2.32. The second-order valence-electron chi connectivity index (χ2n) is 3.12. The van der Waals surface area contributed by atoms with Crippen molar-refractivity contribution in [2.45, 2.75) is 0 Å². The van der Waals surface area contributed by atoms with E-state index in [9.17, 15) is 10.1 Å². The summed E-state index contributed by atoms with van der Waals surface area (Å²) in [6.07, 6.45) is 1.52. The third-order valence-corrected chi connectivity index (χ3v) is 2.18. The molecule has 0 fully saturated rings. The zero-order chi connectivity index (χ0) is 11.5. The molecular weight excluding hydrogens is 210 g/mol. The summed E-state index contributed by atoms with van der Waals surface area (Å²) in [4.78, 5) is 10.3. The van der Waals surface area contributed by atoms with E-state index in [2.05, 4.69) is 0 Å². The number of methoxy groups -OCH3 is 1. The number of nitrogens with zero attached hydrogens (tertiary/aromatic N) is 1. The van der Waals surface area contributed by atoms with Crippen LogP contribution in [-0.4, -0.2) is 12.0 Å². The van der Waals surface area contributed by atoms with Crippen LogP contribution in [0.1, 0.15) is 0 Å². The first-order valence-electron chi connectivity index (χ1n) is 4.58. The number of furan rings is 1. The molecule has 2 aromatic rings. The molecule has 16 heavy (non-hydrogen) atoms. The smallest absolute Gasteiger partial charge is 0.311 e. The summed E-state index contributed by atoms with van der Waals surface area (Å²) in [6, 6.07) is 8.16. The molecule has 0 saturated heterocycles. The van der Waals surface area contributed by atoms with Gasteiger partial charge in [0.25, 0.3) is 0 Å². The normalized spacial score (nSPS) is 10.1. The van der Waals surface area contributed by atoms with Crippen molar-refractivity contribution in [3.05, 3.63) is 46.7 Å². The Hall–Kier alpha value is -2.30. The van der Waals surface area contributed by atoms with Crippen LogP contribution in [0.3, 0.4) is 0 Å². The lowest BCUT2D eigenvalue weighted by atomic mass is 10.1. The van der Waals surface area contributed by atoms with Gasteiger partial charge in [-0.3, -0.25) is 10.1 Å². The first-order valence-corrected chi connectivity index (χ1v) is 4.58. The predicted octanol–water partition coefficient (Wildman–Crippen LogP) is 2.86. The first kappa shape index (κ1) is 10.2. The molecule has 82 valence electrons. The molecule has 0 amide bonds. The van der Waals surface area contributed by atoms with E-state index in [1.807, 2.05) is 0 Å². The van der Waals surface area contributed by atoms with E-state index in [1.54, 1.807) is 24.3 Å². The van der Waals surface area contributed by atoms with E-state index in [-0.39, 0.29) is 11.4 Å². The molecule has 1 aromatic heterocycles. The van der Waals surface area contributed by atoms with Crippen molar-refractivity contribution < 1.29 is 14.1 Å². The van der Waals surface area contributed by atoms with Crippen LogP contribution in [0.15, 0.2) is 41.0 Å². The molecule has 0 spiro atoms. The van der Waals surface area contributed by atoms with Gasteiger partial charge in [0.1, 0.15) is 5.76 Å². The molecule has 0 aliphatic carbocycles. The van der Waals surface area contributed by atoms with Crippen molar-refractivity contribution in [1.82, 2.24) is 0 Å². The highest BCUT2D eigenvalue weighted by atomic mass is 16.6. The molecule has 0 atom stereocenters. The van der Waals surface area contributed by atoms with Crippen molar-refractivity contribution in [2.24, 2.45) is 0 Å². The van der Waals surface area contributed by atoms with E-state index >= 15 is 0 Å². The van der Waals surface area contributed by atoms with Crippen LogP contribution in [0.4, 0.5) is 5.69 Å². The molecule has 0 unspecified atom stereocenters. The van der Waals surface area contributed by atoms with Gasteiger partial charge in [-0.25, -0.2) is 0 Å². The van der Waals surface area contributed by atoms with Gasteiger partial charge >= 0.3 is 5.69 Å². The van der Waals surface area contributed by atoms with Gasteiger partial charge in [-0.1, -0.05) is 0 Å². The Morgan fingerprint density at radius 2 is 2.19 bits per heavy atom. The van der Waals surface area contributed by atoms with Crippen molar-refractivity contribution in [3.8, 4) is 17.1 Å². The summed E-state index contributed by atoms with van der Waals surface area (Å²) in [5, 5.41) is 10.8. The topological polar surface area (TPSA) is 65.5 Å². The van der Waals surface area contributed by atoms with Gasteiger partial charge in [0, 0.05) is 11.6 Å². The van der Waals surface area contributed by atoms with Crippen LogP contribution in [0.2, 0.25) is 0 Å². The molecule has 1 aromatic carbocycles. The summed E-state index contributed by atoms with van der Waals surface area (Å²) in [7, 11) is 1.40. The fourth-order valence-corrected chi connectivity index (χ4v) is 1.43. The van der Waals surface area contributed by atoms with E-state index in [4.69, 9.17) is 9.15 Å². The molecular formula is C11H9NO4. The van der Waals surface area contributed by atoms with Crippen molar-refractivity contribution in [2.75, 3.05) is 7.11 Å². The minimum absolute atomic E-state index is 0.0728. The largest absolute Gasteiger partial charge is 0.490 e. The summed E-state index contributed by atoms with van der Waals surface area (Å²) in [5.41, 5.74) is 0.578. The van der Waals surface area contributed by atoms with Gasteiger partial charge in [-0.15, -0.1) is 0 Å². The Morgan fingerprint density at radius 3 is 2.75 bits per heavy atom. The number of nitro groups is 1. The highest BCUT2D eigenvalue weighted by molar-refractivity contribution is 5.64. The lowest BCUT2D eigenvalue weighted by Crippen LogP contribution is -1.93. The standard InChI is InChI=1S/C11H9NO4/c1-15-11-5-4-8(7-9(11)12(13)14)10-3-2-6-16-10/h2-7H,1H3. The molecule has 5 heteroatoms. The number of hydrogen-bond acceptors (Lipinski definition) is 4. The highest BCUT2D eigenvalue weighted by Gasteiger charge is 2.16. The quantitative estimate of drug-likeness (QED) is 0.588. The van der Waals surface area contributed by atoms with Crippen molar-refractivity contribution in [1.29, 1.82) is 0 Å². The van der Waals surface area contributed by atoms with Crippen LogP contribution >= 0.6 is 0 Å². The Kier molecular flexibility index (Phi) is 2.59. The second-order valence-corrected chi connectivity index (χ2v) is 3.12. The van der Waals surface area contributed by atoms with Crippen molar-refractivity contribution in [3.63, 3.8) is 0 Å². The first-order chi connectivity index (χ1) is 7.72. The molecule has 1 heterocycles. The van der Waals surface area contributed by atoms with E-state index in [0.29, 0.717) is 11.3 Å². The third kappa shape index (κ3) is 1.75. The maximum absolute atomic E-state index is 10.8. The molecule has 0 saturated carbocycles. The average molecular weight is 219 g/mol. The van der Waals surface area contributed by atoms with Gasteiger partial charge in [0.2, 0.25) is 0 Å². The lowest BCUT2D eigenvalue weighted by Gasteiger charge is -2.02. The number of benzene rings is 1. The predicted molar refractivity (Wildman–Crippen MR) is 57.4 cm³/mol. The number of ether oxygens (including phenoxy) is 1. The van der Waals surface area contributed by atoms with E-state index < -0.39 is 4.92 Å². The second kappa shape index (κ2) is 4.06. The molecule has 0 bridgehead atoms. The van der Waals surface area contributed by atoms with Gasteiger partial charge in [0.15, 0.2) is 5.75 Å². The zero-order valence-corrected chi connectivity index (χ0v) is 8.54. The number of rotatable bonds is 3. The zero-order valence-electron chi connectivity index (χ0n) is 8.54. The van der Waals surface area contributed by atoms with Crippen LogP contribution < -0.4 is 4.74 Å². The molecule has 0 aliphatic heterocycles. The SMILES string of the molecule is COc1ccc(-c2ccco2)cc1[N+](=O)[O-]. The Balaban J connectivity index is 2.51. The minimum atomic E-state index is -0.481. The average Bonchev–Trinajstić information content (AvgIpc) is 2.81. The van der Waals surface area contributed by atoms with Gasteiger partial charge < -0.3 is 9.15 Å². The Morgan fingerprint density at radius 1 is 1.38 bits per heavy atom. The Bertz CT molecular complexity index is 505. The minimum Gasteiger partial charge on any atom is -0.490 e. The van der Waals surface area contributed by atoms with Gasteiger partial charge in [-0.2, -0.15) is 0 Å². The molecule has 0 N–H and O–H groups in total. The maximum atomic E-state index is 10.8. The third-order valence-electron chi connectivity index (χ3n) is 2.18. The van der Waals surface area contributed by atoms with Crippen molar-refractivity contribution >= 4 is 5.69 Å². The fraction of sp³-hybridized carbons (Fsp3) is 0.0909. The lowest BCUT2D eigenvalue weighted by molar-refractivity contribution is -0.385. The summed E-state index contributed by atoms with van der Waals surface area (Å²) in [5.74, 6) is 0.825. The Labute approximate surface area is 91.4 Å². The molecule has 5 nitrogen and oxygen atoms in total. The maximum Gasteiger partial charge on any atom is 0.311 e. The monoisotopic (exact) mass is 219 g/mol. The molecule has 0 aliphatic rings. The summed E-state index contributed by atoms with van der Waals surface area (Å²) in [6.45, 7) is 0. The fourth-order valence-electron chi connectivity index (χ4n) is 1.43. The van der Waals surface area contributed by atoms with Crippen LogP contribution in [0.25, 0.3) is 11.3 Å². The van der Waals surface area contributed by atoms with E-state index in [0.717, 1.165) is 0 Å². The molecule has 2 rings (SSSR count). The van der Waals surface area contributed by atoms with E-state index in [1.165, 1.54) is 19.4 Å².